The molecule has 1 saturated heterocycles. The molecule has 1 aliphatic rings. The summed E-state index contributed by atoms with van der Waals surface area (Å²) < 4.78 is 11.0. The maximum atomic E-state index is 12.5. The summed E-state index contributed by atoms with van der Waals surface area (Å²) in [5, 5.41) is 2.91. The van der Waals surface area contributed by atoms with E-state index in [0.717, 1.165) is 29.2 Å². The number of amides is 1. The van der Waals surface area contributed by atoms with E-state index in [-0.39, 0.29) is 12.0 Å². The van der Waals surface area contributed by atoms with Gasteiger partial charge in [-0.05, 0) is 42.0 Å². The largest absolute Gasteiger partial charge is 0.497 e. The molecule has 1 N–H and O–H groups in total. The van der Waals surface area contributed by atoms with Crippen LogP contribution >= 0.6 is 11.8 Å². The molecule has 3 rings (SSSR count). The van der Waals surface area contributed by atoms with Gasteiger partial charge in [-0.25, -0.2) is 4.98 Å². The molecule has 0 radical (unpaired) electrons. The Morgan fingerprint density at radius 3 is 2.88 bits per heavy atom. The molecule has 2 heterocycles. The smallest absolute Gasteiger partial charge is 0.257 e. The van der Waals surface area contributed by atoms with Crippen LogP contribution in [0.2, 0.25) is 0 Å². The third kappa shape index (κ3) is 4.20. The number of ether oxygens (including phenoxy) is 2. The summed E-state index contributed by atoms with van der Waals surface area (Å²) in [4.78, 5) is 16.7. The number of benzene rings is 1. The van der Waals surface area contributed by atoms with E-state index in [4.69, 9.17) is 9.47 Å². The average Bonchev–Trinajstić information content (AvgIpc) is 3.13. The van der Waals surface area contributed by atoms with Gasteiger partial charge in [-0.3, -0.25) is 4.79 Å². The van der Waals surface area contributed by atoms with Gasteiger partial charge in [-0.1, -0.05) is 12.1 Å². The van der Waals surface area contributed by atoms with E-state index in [1.807, 2.05) is 36.0 Å². The Kier molecular flexibility index (Phi) is 5.59. The molecule has 1 aromatic heterocycles. The molecular formula is C18H20N2O3S. The van der Waals surface area contributed by atoms with Gasteiger partial charge in [-0.15, -0.1) is 0 Å². The fourth-order valence-corrected chi connectivity index (χ4v) is 3.54. The standard InChI is InChI=1S/C18H20N2O3S/c1-22-14-6-4-13(5-7-14)11-20-17(21)16-3-2-9-19-18(16)23-15-8-10-24-12-15/h2-7,9,15H,8,10-12H2,1H3,(H,20,21). The number of carbonyl (C=O) groups excluding carboxylic acids is 1. The van der Waals surface area contributed by atoms with Crippen molar-refractivity contribution < 1.29 is 14.3 Å². The number of carbonyl (C=O) groups is 1. The summed E-state index contributed by atoms with van der Waals surface area (Å²) in [5.74, 6) is 3.07. The Morgan fingerprint density at radius 1 is 1.33 bits per heavy atom. The van der Waals surface area contributed by atoms with Crippen LogP contribution in [-0.2, 0) is 6.54 Å². The fourth-order valence-electron chi connectivity index (χ4n) is 2.44. The lowest BCUT2D eigenvalue weighted by Crippen LogP contribution is -2.25. The van der Waals surface area contributed by atoms with Crippen LogP contribution in [-0.4, -0.2) is 35.6 Å². The van der Waals surface area contributed by atoms with E-state index >= 15 is 0 Å². The average molecular weight is 344 g/mol. The number of thioether (sulfide) groups is 1. The van der Waals surface area contributed by atoms with Gasteiger partial charge >= 0.3 is 0 Å². The van der Waals surface area contributed by atoms with Gasteiger partial charge in [0.15, 0.2) is 0 Å². The van der Waals surface area contributed by atoms with E-state index in [9.17, 15) is 4.79 Å². The molecule has 1 atom stereocenters. The minimum Gasteiger partial charge on any atom is -0.497 e. The molecule has 1 fully saturated rings. The van der Waals surface area contributed by atoms with Crippen LogP contribution in [0.15, 0.2) is 42.6 Å². The van der Waals surface area contributed by atoms with Crippen LogP contribution < -0.4 is 14.8 Å². The van der Waals surface area contributed by atoms with E-state index in [0.29, 0.717) is 18.0 Å². The van der Waals surface area contributed by atoms with Gasteiger partial charge in [0.25, 0.3) is 5.91 Å². The number of rotatable bonds is 6. The minimum atomic E-state index is -0.181. The second-order valence-corrected chi connectivity index (χ2v) is 6.64. The number of pyridine rings is 1. The van der Waals surface area contributed by atoms with Crippen molar-refractivity contribution >= 4 is 17.7 Å². The maximum Gasteiger partial charge on any atom is 0.257 e. The molecule has 24 heavy (non-hydrogen) atoms. The summed E-state index contributed by atoms with van der Waals surface area (Å²) in [7, 11) is 1.63. The summed E-state index contributed by atoms with van der Waals surface area (Å²) >= 11 is 1.86. The molecule has 1 unspecified atom stereocenters. The topological polar surface area (TPSA) is 60.5 Å². The lowest BCUT2D eigenvalue weighted by molar-refractivity contribution is 0.0943. The van der Waals surface area contributed by atoms with E-state index < -0.39 is 0 Å². The van der Waals surface area contributed by atoms with Crippen LogP contribution in [0, 0.1) is 0 Å². The molecule has 1 amide bonds. The van der Waals surface area contributed by atoms with Gasteiger partial charge in [0.2, 0.25) is 5.88 Å². The summed E-state index contributed by atoms with van der Waals surface area (Å²) in [6.07, 6.45) is 2.78. The first-order chi connectivity index (χ1) is 11.8. The number of nitrogens with zero attached hydrogens (tertiary/aromatic N) is 1. The van der Waals surface area contributed by atoms with E-state index in [2.05, 4.69) is 10.3 Å². The van der Waals surface area contributed by atoms with Crippen LogP contribution in [0.4, 0.5) is 0 Å². The normalized spacial score (nSPS) is 16.6. The van der Waals surface area contributed by atoms with Crippen molar-refractivity contribution in [1.82, 2.24) is 10.3 Å². The number of nitrogens with one attached hydrogen (secondary N) is 1. The second kappa shape index (κ2) is 8.06. The quantitative estimate of drug-likeness (QED) is 0.873. The molecule has 6 heteroatoms. The highest BCUT2D eigenvalue weighted by Crippen LogP contribution is 2.24. The molecule has 126 valence electrons. The minimum absolute atomic E-state index is 0.137. The molecule has 0 spiro atoms. The van der Waals surface area contributed by atoms with Crippen molar-refractivity contribution in [1.29, 1.82) is 0 Å². The summed E-state index contributed by atoms with van der Waals surface area (Å²) in [5.41, 5.74) is 1.48. The van der Waals surface area contributed by atoms with E-state index in [1.165, 1.54) is 0 Å². The predicted octanol–water partition coefficient (Wildman–Crippen LogP) is 2.90. The van der Waals surface area contributed by atoms with Crippen LogP contribution in [0.1, 0.15) is 22.3 Å². The SMILES string of the molecule is COc1ccc(CNC(=O)c2cccnc2OC2CCSC2)cc1. The number of hydrogen-bond acceptors (Lipinski definition) is 5. The zero-order valence-electron chi connectivity index (χ0n) is 13.5. The monoisotopic (exact) mass is 344 g/mol. The molecule has 1 aromatic carbocycles. The van der Waals surface area contributed by atoms with Gasteiger partial charge in [-0.2, -0.15) is 11.8 Å². The van der Waals surface area contributed by atoms with Crippen LogP contribution in [0.3, 0.4) is 0 Å². The second-order valence-electron chi connectivity index (χ2n) is 5.49. The van der Waals surface area contributed by atoms with Gasteiger partial charge in [0, 0.05) is 18.5 Å². The first-order valence-corrected chi connectivity index (χ1v) is 9.02. The number of methoxy groups -OCH3 is 1. The van der Waals surface area contributed by atoms with Crippen molar-refractivity contribution in [3.63, 3.8) is 0 Å². The maximum absolute atomic E-state index is 12.5. The third-order valence-electron chi connectivity index (χ3n) is 3.79. The predicted molar refractivity (Wildman–Crippen MR) is 94.8 cm³/mol. The Morgan fingerprint density at radius 2 is 2.17 bits per heavy atom. The highest BCUT2D eigenvalue weighted by atomic mass is 32.2. The molecule has 0 aliphatic carbocycles. The number of hydrogen-bond donors (Lipinski definition) is 1. The van der Waals surface area contributed by atoms with Gasteiger partial charge in [0.1, 0.15) is 17.4 Å². The Balaban J connectivity index is 1.63. The number of aromatic nitrogens is 1. The fraction of sp³-hybridized carbons (Fsp3) is 0.333. The zero-order chi connectivity index (χ0) is 16.8. The first kappa shape index (κ1) is 16.6. The lowest BCUT2D eigenvalue weighted by atomic mass is 10.2. The van der Waals surface area contributed by atoms with Gasteiger partial charge < -0.3 is 14.8 Å². The molecule has 0 saturated carbocycles. The molecular weight excluding hydrogens is 324 g/mol. The Bertz CT molecular complexity index is 685. The van der Waals surface area contributed by atoms with Crippen molar-refractivity contribution in [2.75, 3.05) is 18.6 Å². The van der Waals surface area contributed by atoms with Crippen LogP contribution in [0.25, 0.3) is 0 Å². The summed E-state index contributed by atoms with van der Waals surface area (Å²) in [6.45, 7) is 0.441. The first-order valence-electron chi connectivity index (χ1n) is 7.87. The van der Waals surface area contributed by atoms with Gasteiger partial charge in [0.05, 0.1) is 7.11 Å². The highest BCUT2D eigenvalue weighted by molar-refractivity contribution is 7.99. The molecule has 1 aliphatic heterocycles. The summed E-state index contributed by atoms with van der Waals surface area (Å²) in [6, 6.07) is 11.1. The van der Waals surface area contributed by atoms with Crippen molar-refractivity contribution in [2.45, 2.75) is 19.1 Å². The molecule has 5 nitrogen and oxygen atoms in total. The van der Waals surface area contributed by atoms with Crippen molar-refractivity contribution in [3.05, 3.63) is 53.7 Å². The third-order valence-corrected chi connectivity index (χ3v) is 4.93. The zero-order valence-corrected chi connectivity index (χ0v) is 14.3. The Labute approximate surface area is 145 Å². The van der Waals surface area contributed by atoms with E-state index in [1.54, 1.807) is 25.4 Å². The lowest BCUT2D eigenvalue weighted by Gasteiger charge is -2.14. The molecule has 0 bridgehead atoms. The molecule has 2 aromatic rings. The van der Waals surface area contributed by atoms with Crippen molar-refractivity contribution in [2.24, 2.45) is 0 Å². The highest BCUT2D eigenvalue weighted by Gasteiger charge is 2.21. The Hall–Kier alpha value is -2.21. The van der Waals surface area contributed by atoms with Crippen molar-refractivity contribution in [3.8, 4) is 11.6 Å². The van der Waals surface area contributed by atoms with Crippen LogP contribution in [0.5, 0.6) is 11.6 Å².